The van der Waals surface area contributed by atoms with Crippen molar-refractivity contribution in [1.29, 1.82) is 0 Å². The van der Waals surface area contributed by atoms with Gasteiger partial charge in [-0.2, -0.15) is 4.98 Å². The van der Waals surface area contributed by atoms with E-state index < -0.39 is 5.69 Å². The summed E-state index contributed by atoms with van der Waals surface area (Å²) in [5.74, 6) is 1.92. The van der Waals surface area contributed by atoms with Gasteiger partial charge in [-0.3, -0.25) is 13.9 Å². The van der Waals surface area contributed by atoms with Crippen LogP contribution in [0.4, 0.5) is 11.6 Å². The van der Waals surface area contributed by atoms with Gasteiger partial charge in [0.1, 0.15) is 11.5 Å². The quantitative estimate of drug-likeness (QED) is 0.441. The first-order valence-corrected chi connectivity index (χ1v) is 10.9. The second-order valence-electron chi connectivity index (χ2n) is 8.00. The number of aromatic nitrogens is 4. The average molecular weight is 460 g/mol. The number of imidazole rings is 1. The van der Waals surface area contributed by atoms with Gasteiger partial charge < -0.3 is 18.9 Å². The molecule has 0 aliphatic carbocycles. The molecule has 1 aliphatic heterocycles. The van der Waals surface area contributed by atoms with Crippen LogP contribution in [0.3, 0.4) is 0 Å². The van der Waals surface area contributed by atoms with Crippen molar-refractivity contribution in [2.45, 2.75) is 13.1 Å². The lowest BCUT2D eigenvalue weighted by Crippen LogP contribution is -2.39. The van der Waals surface area contributed by atoms with Gasteiger partial charge in [-0.15, -0.1) is 0 Å². The summed E-state index contributed by atoms with van der Waals surface area (Å²) in [6.45, 7) is 1.36. The van der Waals surface area contributed by atoms with Crippen molar-refractivity contribution in [1.82, 2.24) is 18.7 Å². The molecule has 2 aromatic heterocycles. The predicted molar refractivity (Wildman–Crippen MR) is 131 cm³/mol. The predicted octanol–water partition coefficient (Wildman–Crippen LogP) is 2.78. The van der Waals surface area contributed by atoms with Crippen molar-refractivity contribution in [2.24, 2.45) is 7.05 Å². The molecule has 0 bridgehead atoms. The van der Waals surface area contributed by atoms with E-state index >= 15 is 0 Å². The van der Waals surface area contributed by atoms with Gasteiger partial charge in [0.05, 0.1) is 19.9 Å². The fraction of sp³-hybridized carbons (Fsp3) is 0.240. The molecule has 0 saturated carbocycles. The summed E-state index contributed by atoms with van der Waals surface area (Å²) in [4.78, 5) is 33.1. The van der Waals surface area contributed by atoms with Crippen LogP contribution in [0.1, 0.15) is 5.56 Å². The van der Waals surface area contributed by atoms with E-state index in [1.165, 1.54) is 9.13 Å². The largest absolute Gasteiger partial charge is 0.497 e. The first-order valence-electron chi connectivity index (χ1n) is 10.9. The lowest BCUT2D eigenvalue weighted by molar-refractivity contribution is 0.395. The minimum Gasteiger partial charge on any atom is -0.497 e. The van der Waals surface area contributed by atoms with E-state index in [-0.39, 0.29) is 12.1 Å². The Morgan fingerprint density at radius 1 is 1.03 bits per heavy atom. The van der Waals surface area contributed by atoms with Gasteiger partial charge in [-0.1, -0.05) is 42.5 Å². The SMILES string of the molecule is COc1ccc(N2CCn3c2nc2c3c(=O)n(CC=Cc3ccccc3)c(=O)n2C)c(OC)c1. The van der Waals surface area contributed by atoms with E-state index in [9.17, 15) is 9.59 Å². The number of ether oxygens (including phenoxy) is 2. The molecular weight excluding hydrogens is 434 g/mol. The van der Waals surface area contributed by atoms with Crippen LogP contribution in [0.5, 0.6) is 11.5 Å². The fourth-order valence-electron chi connectivity index (χ4n) is 4.33. The summed E-state index contributed by atoms with van der Waals surface area (Å²) >= 11 is 0. The van der Waals surface area contributed by atoms with Crippen molar-refractivity contribution >= 4 is 28.9 Å². The number of hydrogen-bond donors (Lipinski definition) is 0. The van der Waals surface area contributed by atoms with E-state index in [0.29, 0.717) is 41.7 Å². The van der Waals surface area contributed by atoms with Crippen LogP contribution in [-0.2, 0) is 20.1 Å². The van der Waals surface area contributed by atoms with Gasteiger partial charge in [0, 0.05) is 32.7 Å². The molecule has 0 amide bonds. The van der Waals surface area contributed by atoms with Crippen molar-refractivity contribution in [2.75, 3.05) is 25.7 Å². The standard InChI is InChI=1S/C25H25N5O4/c1-27-22-21(23(31)30(25(27)32)13-7-10-17-8-5-4-6-9-17)29-15-14-28(24(29)26-22)19-12-11-18(33-2)16-20(19)34-3/h4-12,16H,13-15H2,1-3H3. The molecule has 9 nitrogen and oxygen atoms in total. The maximum atomic E-state index is 13.4. The molecule has 0 atom stereocenters. The molecule has 1 aliphatic rings. The van der Waals surface area contributed by atoms with Crippen molar-refractivity contribution < 1.29 is 9.47 Å². The Bertz CT molecular complexity index is 1510. The zero-order chi connectivity index (χ0) is 23.8. The van der Waals surface area contributed by atoms with E-state index in [0.717, 1.165) is 11.3 Å². The number of benzene rings is 2. The van der Waals surface area contributed by atoms with Crippen molar-refractivity contribution in [3.8, 4) is 11.5 Å². The molecule has 0 unspecified atom stereocenters. The van der Waals surface area contributed by atoms with Crippen LogP contribution in [0.15, 0.2) is 64.2 Å². The monoisotopic (exact) mass is 459 g/mol. The second-order valence-corrected chi connectivity index (χ2v) is 8.00. The Labute approximate surface area is 195 Å². The molecule has 0 spiro atoms. The topological polar surface area (TPSA) is 83.5 Å². The first kappa shape index (κ1) is 21.6. The summed E-state index contributed by atoms with van der Waals surface area (Å²) in [5.41, 5.74) is 1.85. The Hall–Kier alpha value is -4.27. The number of hydrogen-bond acceptors (Lipinski definition) is 6. The third kappa shape index (κ3) is 3.45. The fourth-order valence-corrected chi connectivity index (χ4v) is 4.33. The maximum absolute atomic E-state index is 13.4. The van der Waals surface area contributed by atoms with Crippen LogP contribution in [0.2, 0.25) is 0 Å². The van der Waals surface area contributed by atoms with Crippen molar-refractivity contribution in [3.05, 3.63) is 81.0 Å². The highest BCUT2D eigenvalue weighted by atomic mass is 16.5. The zero-order valence-electron chi connectivity index (χ0n) is 19.3. The zero-order valence-corrected chi connectivity index (χ0v) is 19.3. The third-order valence-electron chi connectivity index (χ3n) is 6.08. The Morgan fingerprint density at radius 2 is 1.82 bits per heavy atom. The normalized spacial score (nSPS) is 13.1. The third-order valence-corrected chi connectivity index (χ3v) is 6.08. The second kappa shape index (κ2) is 8.58. The Balaban J connectivity index is 1.58. The molecule has 0 saturated heterocycles. The number of nitrogens with zero attached hydrogens (tertiary/aromatic N) is 5. The highest BCUT2D eigenvalue weighted by molar-refractivity contribution is 5.79. The molecule has 4 aromatic rings. The Kier molecular flexibility index (Phi) is 5.45. The molecule has 0 radical (unpaired) electrons. The van der Waals surface area contributed by atoms with E-state index in [1.807, 2.05) is 70.1 Å². The van der Waals surface area contributed by atoms with E-state index in [1.54, 1.807) is 21.3 Å². The summed E-state index contributed by atoms with van der Waals surface area (Å²) in [7, 11) is 4.84. The van der Waals surface area contributed by atoms with Crippen LogP contribution in [0.25, 0.3) is 17.2 Å². The van der Waals surface area contributed by atoms with Gasteiger partial charge in [0.2, 0.25) is 5.95 Å². The molecule has 2 aromatic carbocycles. The summed E-state index contributed by atoms with van der Waals surface area (Å²) in [5, 5.41) is 0. The Morgan fingerprint density at radius 3 is 2.56 bits per heavy atom. The highest BCUT2D eigenvalue weighted by Gasteiger charge is 2.30. The van der Waals surface area contributed by atoms with Gasteiger partial charge in [0.25, 0.3) is 5.56 Å². The first-order chi connectivity index (χ1) is 16.5. The summed E-state index contributed by atoms with van der Waals surface area (Å²) in [6.07, 6.45) is 3.72. The average Bonchev–Trinajstić information content (AvgIpc) is 3.44. The maximum Gasteiger partial charge on any atom is 0.332 e. The molecule has 34 heavy (non-hydrogen) atoms. The molecule has 5 rings (SSSR count). The van der Waals surface area contributed by atoms with Gasteiger partial charge in [-0.05, 0) is 17.7 Å². The van der Waals surface area contributed by atoms with Crippen LogP contribution in [-0.4, -0.2) is 39.4 Å². The molecule has 0 N–H and O–H groups in total. The summed E-state index contributed by atoms with van der Waals surface area (Å²) in [6, 6.07) is 15.3. The number of methoxy groups -OCH3 is 2. The summed E-state index contributed by atoms with van der Waals surface area (Å²) < 4.78 is 15.4. The molecule has 3 heterocycles. The van der Waals surface area contributed by atoms with Crippen LogP contribution < -0.4 is 25.6 Å². The van der Waals surface area contributed by atoms with E-state index in [2.05, 4.69) is 0 Å². The van der Waals surface area contributed by atoms with Gasteiger partial charge >= 0.3 is 5.69 Å². The number of aryl methyl sites for hydroxylation is 1. The van der Waals surface area contributed by atoms with Crippen LogP contribution >= 0.6 is 0 Å². The number of rotatable bonds is 6. The van der Waals surface area contributed by atoms with Gasteiger partial charge in [-0.25, -0.2) is 4.79 Å². The molecular formula is C25H25N5O4. The minimum absolute atomic E-state index is 0.173. The van der Waals surface area contributed by atoms with E-state index in [4.69, 9.17) is 14.5 Å². The number of anilines is 2. The lowest BCUT2D eigenvalue weighted by Gasteiger charge is -2.19. The molecule has 174 valence electrons. The number of fused-ring (bicyclic) bond motifs is 3. The lowest BCUT2D eigenvalue weighted by atomic mass is 10.2. The molecule has 9 heteroatoms. The van der Waals surface area contributed by atoms with Crippen molar-refractivity contribution in [3.63, 3.8) is 0 Å². The van der Waals surface area contributed by atoms with Gasteiger partial charge in [0.15, 0.2) is 11.2 Å². The highest BCUT2D eigenvalue weighted by Crippen LogP contribution is 2.39. The van der Waals surface area contributed by atoms with Crippen LogP contribution in [0, 0.1) is 0 Å². The number of allylic oxidation sites excluding steroid dienone is 1. The smallest absolute Gasteiger partial charge is 0.332 e. The minimum atomic E-state index is -0.402. The molecule has 0 fully saturated rings.